The van der Waals surface area contributed by atoms with Gasteiger partial charge in [-0.1, -0.05) is 13.0 Å². The molecule has 7 nitrogen and oxygen atoms in total. The lowest BCUT2D eigenvalue weighted by atomic mass is 10.2. The minimum atomic E-state index is -3.66. The van der Waals surface area contributed by atoms with Gasteiger partial charge < -0.3 is 10.2 Å². The van der Waals surface area contributed by atoms with E-state index in [-0.39, 0.29) is 30.0 Å². The highest BCUT2D eigenvalue weighted by molar-refractivity contribution is 7.89. The first-order valence-corrected chi connectivity index (χ1v) is 10.5. The van der Waals surface area contributed by atoms with E-state index in [2.05, 4.69) is 10.3 Å². The lowest BCUT2D eigenvalue weighted by Gasteiger charge is -2.22. The summed E-state index contributed by atoms with van der Waals surface area (Å²) in [4.78, 5) is 17.9. The van der Waals surface area contributed by atoms with Gasteiger partial charge in [0.05, 0.1) is 5.83 Å². The number of pyridine rings is 1. The van der Waals surface area contributed by atoms with E-state index in [1.54, 1.807) is 30.9 Å². The second-order valence-electron chi connectivity index (χ2n) is 6.73. The predicted molar refractivity (Wildman–Crippen MR) is 103 cm³/mol. The van der Waals surface area contributed by atoms with E-state index in [0.29, 0.717) is 25.2 Å². The van der Waals surface area contributed by atoms with E-state index >= 15 is 0 Å². The molecule has 0 aromatic carbocycles. The van der Waals surface area contributed by atoms with Crippen LogP contribution in [-0.4, -0.2) is 54.8 Å². The van der Waals surface area contributed by atoms with Gasteiger partial charge in [-0.15, -0.1) is 0 Å². The number of aryl methyl sites for hydroxylation is 1. The Morgan fingerprint density at radius 2 is 1.93 bits per heavy atom. The lowest BCUT2D eigenvalue weighted by Crippen LogP contribution is -2.40. The fourth-order valence-electron chi connectivity index (χ4n) is 3.13. The minimum Gasteiger partial charge on any atom is -0.316 e. The van der Waals surface area contributed by atoms with Gasteiger partial charge in [0.15, 0.2) is 5.03 Å². The number of hydrogen-bond donors (Lipinski definition) is 1. The van der Waals surface area contributed by atoms with Crippen molar-refractivity contribution >= 4 is 16.1 Å². The number of carbonyl (C=O) groups excluding carboxylic acids is 1. The molecular formula is C19H23FN4O3S. The van der Waals surface area contributed by atoms with Crippen LogP contribution < -0.4 is 5.32 Å². The maximum Gasteiger partial charge on any atom is 0.321 e. The zero-order chi connectivity index (χ0) is 20.3. The number of rotatable bonds is 5. The molecule has 1 aromatic heterocycles. The van der Waals surface area contributed by atoms with Crippen molar-refractivity contribution in [3.8, 4) is 0 Å². The molecule has 2 amide bonds. The highest BCUT2D eigenvalue weighted by atomic mass is 32.2. The van der Waals surface area contributed by atoms with E-state index in [9.17, 15) is 17.6 Å². The molecule has 1 aromatic rings. The molecule has 0 atom stereocenters. The van der Waals surface area contributed by atoms with Gasteiger partial charge in [-0.3, -0.25) is 0 Å². The topological polar surface area (TPSA) is 82.6 Å². The van der Waals surface area contributed by atoms with Gasteiger partial charge in [0.1, 0.15) is 0 Å². The number of hydrogen-bond acceptors (Lipinski definition) is 4. The highest BCUT2D eigenvalue weighted by Gasteiger charge is 2.38. The van der Waals surface area contributed by atoms with Crippen LogP contribution in [0.15, 0.2) is 58.6 Å². The van der Waals surface area contributed by atoms with Crippen molar-refractivity contribution in [2.45, 2.75) is 25.3 Å². The Hall–Kier alpha value is -2.52. The summed E-state index contributed by atoms with van der Waals surface area (Å²) in [6.07, 6.45) is 4.43. The summed E-state index contributed by atoms with van der Waals surface area (Å²) in [5.74, 6) is -0.267. The van der Waals surface area contributed by atoms with Gasteiger partial charge in [-0.2, -0.15) is 4.31 Å². The van der Waals surface area contributed by atoms with Crippen molar-refractivity contribution < 1.29 is 17.6 Å². The van der Waals surface area contributed by atoms with Crippen LogP contribution in [0, 0.1) is 6.92 Å². The Morgan fingerprint density at radius 3 is 2.54 bits per heavy atom. The fourth-order valence-corrected chi connectivity index (χ4v) is 4.56. The summed E-state index contributed by atoms with van der Waals surface area (Å²) in [6.45, 7) is 4.73. The second-order valence-corrected chi connectivity index (χ2v) is 8.61. The van der Waals surface area contributed by atoms with Crippen LogP contribution in [0.5, 0.6) is 0 Å². The third-order valence-electron chi connectivity index (χ3n) is 4.67. The Morgan fingerprint density at radius 1 is 1.25 bits per heavy atom. The lowest BCUT2D eigenvalue weighted by molar-refractivity contribution is 0.212. The zero-order valence-corrected chi connectivity index (χ0v) is 16.7. The molecule has 0 aliphatic carbocycles. The summed E-state index contributed by atoms with van der Waals surface area (Å²) < 4.78 is 40.0. The van der Waals surface area contributed by atoms with Crippen LogP contribution >= 0.6 is 0 Å². The van der Waals surface area contributed by atoms with Gasteiger partial charge in [-0.25, -0.2) is 22.6 Å². The van der Waals surface area contributed by atoms with Crippen molar-refractivity contribution in [1.29, 1.82) is 0 Å². The van der Waals surface area contributed by atoms with E-state index in [1.165, 1.54) is 28.7 Å². The molecule has 1 N–H and O–H groups in total. The van der Waals surface area contributed by atoms with E-state index < -0.39 is 10.0 Å². The predicted octanol–water partition coefficient (Wildman–Crippen LogP) is 2.49. The van der Waals surface area contributed by atoms with Gasteiger partial charge in [-0.05, 0) is 48.8 Å². The number of aromatic nitrogens is 1. The van der Waals surface area contributed by atoms with Crippen molar-refractivity contribution in [1.82, 2.24) is 19.5 Å². The molecule has 3 rings (SSSR count). The van der Waals surface area contributed by atoms with Crippen LogP contribution in [0.1, 0.15) is 19.0 Å². The first kappa shape index (κ1) is 20.2. The number of carbonyl (C=O) groups is 1. The van der Waals surface area contributed by atoms with Crippen LogP contribution in [0.3, 0.4) is 0 Å². The molecule has 0 fully saturated rings. The van der Waals surface area contributed by atoms with Crippen LogP contribution in [-0.2, 0) is 10.0 Å². The van der Waals surface area contributed by atoms with Gasteiger partial charge in [0.2, 0.25) is 0 Å². The molecule has 0 saturated heterocycles. The average molecular weight is 406 g/mol. The quantitative estimate of drug-likeness (QED) is 0.602. The van der Waals surface area contributed by atoms with Gasteiger partial charge in [0, 0.05) is 38.1 Å². The van der Waals surface area contributed by atoms with Crippen LogP contribution in [0.2, 0.25) is 0 Å². The molecule has 0 radical (unpaired) electrons. The molecule has 3 heterocycles. The maximum atomic E-state index is 13.0. The number of amides is 2. The normalized spacial score (nSPS) is 18.2. The van der Waals surface area contributed by atoms with E-state index in [4.69, 9.17) is 0 Å². The molecule has 2 aliphatic rings. The van der Waals surface area contributed by atoms with Crippen molar-refractivity contribution in [2.75, 3.05) is 26.2 Å². The highest BCUT2D eigenvalue weighted by Crippen LogP contribution is 2.29. The third-order valence-corrected chi connectivity index (χ3v) is 6.36. The number of halogens is 1. The first-order valence-electron chi connectivity index (χ1n) is 9.01. The zero-order valence-electron chi connectivity index (χ0n) is 15.9. The summed E-state index contributed by atoms with van der Waals surface area (Å²) in [5, 5.41) is 2.64. The molecular weight excluding hydrogens is 383 g/mol. The molecule has 0 spiro atoms. The number of nitrogens with one attached hydrogen (secondary N) is 1. The SMILES string of the molecule is CC/C(F)=C\C=C/NC(=O)N1CC2=C(C1)CN(S(=O)(=O)c1cccc(C)n1)C2. The Labute approximate surface area is 164 Å². The van der Waals surface area contributed by atoms with Crippen molar-refractivity contribution in [2.24, 2.45) is 0 Å². The molecule has 150 valence electrons. The molecule has 0 bridgehead atoms. The molecule has 28 heavy (non-hydrogen) atoms. The number of allylic oxidation sites excluding steroid dienone is 3. The second kappa shape index (κ2) is 8.24. The Bertz CT molecular complexity index is 951. The summed E-state index contributed by atoms with van der Waals surface area (Å²) in [6, 6.07) is 4.62. The average Bonchev–Trinajstić information content (AvgIpc) is 3.24. The first-order chi connectivity index (χ1) is 13.3. The largest absolute Gasteiger partial charge is 0.321 e. The smallest absolute Gasteiger partial charge is 0.316 e. The van der Waals surface area contributed by atoms with Crippen molar-refractivity contribution in [3.05, 3.63) is 59.2 Å². The van der Waals surface area contributed by atoms with Crippen LogP contribution in [0.25, 0.3) is 0 Å². The Kier molecular flexibility index (Phi) is 5.95. The minimum absolute atomic E-state index is 0.0424. The molecule has 2 aliphatic heterocycles. The summed E-state index contributed by atoms with van der Waals surface area (Å²) >= 11 is 0. The molecule has 9 heteroatoms. The summed E-state index contributed by atoms with van der Waals surface area (Å²) in [7, 11) is -3.66. The maximum absolute atomic E-state index is 13.0. The molecule has 0 saturated carbocycles. The van der Waals surface area contributed by atoms with E-state index in [1.807, 2.05) is 0 Å². The standard InChI is InChI=1S/C19H23FN4O3S/c1-3-17(20)7-5-9-21-19(25)23-10-15-12-24(13-16(15)11-23)28(26,27)18-8-4-6-14(2)22-18/h4-9H,3,10-13H2,1-2H3,(H,21,25)/b9-5-,17-7+. The van der Waals surface area contributed by atoms with Gasteiger partial charge in [0.25, 0.3) is 10.0 Å². The molecule has 0 unspecified atom stereocenters. The number of urea groups is 1. The monoisotopic (exact) mass is 406 g/mol. The Balaban J connectivity index is 1.57. The van der Waals surface area contributed by atoms with Crippen LogP contribution in [0.4, 0.5) is 9.18 Å². The van der Waals surface area contributed by atoms with E-state index in [0.717, 1.165) is 11.1 Å². The number of nitrogens with zero attached hydrogens (tertiary/aromatic N) is 3. The van der Waals surface area contributed by atoms with Gasteiger partial charge >= 0.3 is 6.03 Å². The van der Waals surface area contributed by atoms with Crippen molar-refractivity contribution in [3.63, 3.8) is 0 Å². The number of sulfonamides is 1. The fraction of sp³-hybridized carbons (Fsp3) is 0.368. The summed E-state index contributed by atoms with van der Waals surface area (Å²) in [5.41, 5.74) is 2.52. The third kappa shape index (κ3) is 4.31.